The quantitative estimate of drug-likeness (QED) is 0.665. The maximum Gasteiger partial charge on any atom is 0.269 e. The molecule has 3 nitrogen and oxygen atoms in total. The molecule has 1 heterocycles. The van der Waals surface area contributed by atoms with Crippen LogP contribution in [0.4, 0.5) is 0 Å². The minimum atomic E-state index is -0.129. The Kier molecular flexibility index (Phi) is 4.53. The molecule has 0 aliphatic heterocycles. The fourth-order valence-electron chi connectivity index (χ4n) is 1.70. The average molecular weight is 263 g/mol. The number of rotatable bonds is 5. The van der Waals surface area contributed by atoms with Crippen LogP contribution in [-0.4, -0.2) is 23.3 Å². The monoisotopic (exact) mass is 262 g/mol. The van der Waals surface area contributed by atoms with Crippen LogP contribution in [0.1, 0.15) is 23.3 Å². The predicted molar refractivity (Wildman–Crippen MR) is 74.0 cm³/mol. The molecule has 4 heteroatoms. The van der Waals surface area contributed by atoms with Crippen LogP contribution in [0.25, 0.3) is 10.9 Å². The lowest BCUT2D eigenvalue weighted by atomic mass is 10.2. The molecule has 0 unspecified atom stereocenters. The van der Waals surface area contributed by atoms with E-state index in [1.165, 1.54) is 0 Å². The van der Waals surface area contributed by atoms with Crippen molar-refractivity contribution in [2.45, 2.75) is 12.8 Å². The second-order valence-electron chi connectivity index (χ2n) is 4.04. The molecule has 0 bridgehead atoms. The van der Waals surface area contributed by atoms with E-state index < -0.39 is 0 Å². The zero-order valence-corrected chi connectivity index (χ0v) is 10.8. The summed E-state index contributed by atoms with van der Waals surface area (Å²) in [5.41, 5.74) is 1.30. The van der Waals surface area contributed by atoms with Crippen molar-refractivity contribution in [3.63, 3.8) is 0 Å². The van der Waals surface area contributed by atoms with E-state index in [0.29, 0.717) is 18.1 Å². The molecule has 1 amide bonds. The number of halogens is 1. The Bertz CT molecular complexity index is 542. The fraction of sp³-hybridized carbons (Fsp3) is 0.286. The molecule has 1 aromatic carbocycles. The molecule has 1 N–H and O–H groups in total. The van der Waals surface area contributed by atoms with Crippen molar-refractivity contribution < 1.29 is 4.79 Å². The van der Waals surface area contributed by atoms with Gasteiger partial charge >= 0.3 is 0 Å². The number of alkyl halides is 1. The van der Waals surface area contributed by atoms with Gasteiger partial charge in [-0.05, 0) is 25.0 Å². The molecule has 0 spiro atoms. The third-order valence-corrected chi connectivity index (χ3v) is 2.94. The van der Waals surface area contributed by atoms with Crippen LogP contribution in [0.5, 0.6) is 0 Å². The smallest absolute Gasteiger partial charge is 0.269 e. The van der Waals surface area contributed by atoms with E-state index in [-0.39, 0.29) is 5.91 Å². The van der Waals surface area contributed by atoms with Gasteiger partial charge in [-0.25, -0.2) is 4.98 Å². The molecule has 94 valence electrons. The largest absolute Gasteiger partial charge is 0.351 e. The number of carbonyl (C=O) groups is 1. The Morgan fingerprint density at radius 1 is 1.17 bits per heavy atom. The lowest BCUT2D eigenvalue weighted by Gasteiger charge is -2.04. The van der Waals surface area contributed by atoms with Crippen molar-refractivity contribution in [3.05, 3.63) is 42.1 Å². The molecule has 18 heavy (non-hydrogen) atoms. The second kappa shape index (κ2) is 6.36. The number of pyridine rings is 1. The number of benzene rings is 1. The summed E-state index contributed by atoms with van der Waals surface area (Å²) in [6.07, 6.45) is 1.80. The molecule has 0 aliphatic carbocycles. The number of para-hydroxylation sites is 1. The van der Waals surface area contributed by atoms with Crippen molar-refractivity contribution in [2.75, 3.05) is 12.4 Å². The lowest BCUT2D eigenvalue weighted by molar-refractivity contribution is 0.0948. The highest BCUT2D eigenvalue weighted by Crippen LogP contribution is 2.11. The molecule has 2 rings (SSSR count). The summed E-state index contributed by atoms with van der Waals surface area (Å²) in [5, 5.41) is 3.88. The van der Waals surface area contributed by atoms with Gasteiger partial charge < -0.3 is 5.32 Å². The second-order valence-corrected chi connectivity index (χ2v) is 4.42. The van der Waals surface area contributed by atoms with Crippen molar-refractivity contribution in [1.82, 2.24) is 10.3 Å². The Hall–Kier alpha value is -1.61. The van der Waals surface area contributed by atoms with Crippen LogP contribution in [-0.2, 0) is 0 Å². The third-order valence-electron chi connectivity index (χ3n) is 2.68. The summed E-state index contributed by atoms with van der Waals surface area (Å²) in [5.74, 6) is 0.500. The zero-order chi connectivity index (χ0) is 12.8. The van der Waals surface area contributed by atoms with E-state index in [9.17, 15) is 4.79 Å². The normalized spacial score (nSPS) is 10.5. The van der Waals surface area contributed by atoms with Crippen LogP contribution >= 0.6 is 11.6 Å². The fourth-order valence-corrected chi connectivity index (χ4v) is 1.89. The van der Waals surface area contributed by atoms with Gasteiger partial charge in [0.25, 0.3) is 5.91 Å². The maximum absolute atomic E-state index is 11.8. The van der Waals surface area contributed by atoms with E-state index in [2.05, 4.69) is 10.3 Å². The number of fused-ring (bicyclic) bond motifs is 1. The average Bonchev–Trinajstić information content (AvgIpc) is 2.43. The molecule has 2 aromatic rings. The number of unbranched alkanes of at least 4 members (excludes halogenated alkanes) is 1. The highest BCUT2D eigenvalue weighted by molar-refractivity contribution is 6.17. The molecular formula is C14H15ClN2O. The molecule has 0 saturated heterocycles. The van der Waals surface area contributed by atoms with E-state index in [1.54, 1.807) is 6.07 Å². The summed E-state index contributed by atoms with van der Waals surface area (Å²) >= 11 is 5.57. The van der Waals surface area contributed by atoms with E-state index in [4.69, 9.17) is 11.6 Å². The summed E-state index contributed by atoms with van der Waals surface area (Å²) < 4.78 is 0. The zero-order valence-electron chi connectivity index (χ0n) is 10.0. The molecule has 0 saturated carbocycles. The minimum absolute atomic E-state index is 0.129. The minimum Gasteiger partial charge on any atom is -0.351 e. The first-order chi connectivity index (χ1) is 8.81. The molecular weight excluding hydrogens is 248 g/mol. The molecule has 0 radical (unpaired) electrons. The van der Waals surface area contributed by atoms with Gasteiger partial charge in [-0.3, -0.25) is 4.79 Å². The van der Waals surface area contributed by atoms with Gasteiger partial charge in [0, 0.05) is 17.8 Å². The Morgan fingerprint density at radius 2 is 2.00 bits per heavy atom. The topological polar surface area (TPSA) is 42.0 Å². The molecule has 0 aliphatic rings. The number of amides is 1. The molecule has 0 fully saturated rings. The predicted octanol–water partition coefficient (Wildman–Crippen LogP) is 2.98. The number of hydrogen-bond donors (Lipinski definition) is 1. The van der Waals surface area contributed by atoms with Crippen LogP contribution in [0.15, 0.2) is 36.4 Å². The van der Waals surface area contributed by atoms with Crippen LogP contribution in [0.2, 0.25) is 0 Å². The van der Waals surface area contributed by atoms with E-state index >= 15 is 0 Å². The van der Waals surface area contributed by atoms with Crippen LogP contribution < -0.4 is 5.32 Å². The van der Waals surface area contributed by atoms with Crippen LogP contribution in [0.3, 0.4) is 0 Å². The van der Waals surface area contributed by atoms with Gasteiger partial charge in [0.2, 0.25) is 0 Å². The summed E-state index contributed by atoms with van der Waals surface area (Å²) in [7, 11) is 0. The summed E-state index contributed by atoms with van der Waals surface area (Å²) in [6.45, 7) is 0.639. The number of nitrogens with one attached hydrogen (secondary N) is 1. The Labute approximate surface area is 111 Å². The standard InChI is InChI=1S/C14H15ClN2O/c15-9-3-4-10-16-14(18)13-8-7-11-5-1-2-6-12(11)17-13/h1-2,5-8H,3-4,9-10H2,(H,16,18). The number of hydrogen-bond acceptors (Lipinski definition) is 2. The molecule has 0 atom stereocenters. The summed E-state index contributed by atoms with van der Waals surface area (Å²) in [4.78, 5) is 16.2. The lowest BCUT2D eigenvalue weighted by Crippen LogP contribution is -2.25. The number of nitrogens with zero attached hydrogens (tertiary/aromatic N) is 1. The first kappa shape index (κ1) is 12.8. The number of aromatic nitrogens is 1. The number of carbonyl (C=O) groups excluding carboxylic acids is 1. The van der Waals surface area contributed by atoms with Gasteiger partial charge in [-0.15, -0.1) is 11.6 Å². The van der Waals surface area contributed by atoms with E-state index in [0.717, 1.165) is 23.7 Å². The van der Waals surface area contributed by atoms with Gasteiger partial charge in [0.05, 0.1) is 5.52 Å². The van der Waals surface area contributed by atoms with Gasteiger partial charge in [-0.2, -0.15) is 0 Å². The van der Waals surface area contributed by atoms with Gasteiger partial charge in [-0.1, -0.05) is 24.3 Å². The van der Waals surface area contributed by atoms with Crippen LogP contribution in [0, 0.1) is 0 Å². The van der Waals surface area contributed by atoms with Crippen molar-refractivity contribution in [3.8, 4) is 0 Å². The highest BCUT2D eigenvalue weighted by atomic mass is 35.5. The molecule has 1 aromatic heterocycles. The van der Waals surface area contributed by atoms with E-state index in [1.807, 2.05) is 30.3 Å². The van der Waals surface area contributed by atoms with Crippen molar-refractivity contribution in [1.29, 1.82) is 0 Å². The Balaban J connectivity index is 2.04. The van der Waals surface area contributed by atoms with Crippen molar-refractivity contribution >= 4 is 28.4 Å². The van der Waals surface area contributed by atoms with Gasteiger partial charge in [0.1, 0.15) is 5.69 Å². The SMILES string of the molecule is O=C(NCCCCCl)c1ccc2ccccc2n1. The highest BCUT2D eigenvalue weighted by Gasteiger charge is 2.06. The van der Waals surface area contributed by atoms with Crippen molar-refractivity contribution in [2.24, 2.45) is 0 Å². The Morgan fingerprint density at radius 3 is 2.83 bits per heavy atom. The third kappa shape index (κ3) is 3.20. The van der Waals surface area contributed by atoms with Gasteiger partial charge in [0.15, 0.2) is 0 Å². The summed E-state index contributed by atoms with van der Waals surface area (Å²) in [6, 6.07) is 11.4. The first-order valence-electron chi connectivity index (χ1n) is 6.01. The first-order valence-corrected chi connectivity index (χ1v) is 6.54. The maximum atomic E-state index is 11.8.